The largest absolute Gasteiger partial charge is 0.477 e. The van der Waals surface area contributed by atoms with Crippen molar-refractivity contribution >= 4 is 17.9 Å². The molecule has 97 heavy (non-hydrogen) atoms. The van der Waals surface area contributed by atoms with Gasteiger partial charge in [0, 0.05) is 12.8 Å². The Bertz CT molecular complexity index is 1690. The van der Waals surface area contributed by atoms with E-state index in [-0.39, 0.29) is 38.2 Å². The number of nitrogens with zero attached hydrogens (tertiary/aromatic N) is 1. The highest BCUT2D eigenvalue weighted by molar-refractivity contribution is 5.71. The Labute approximate surface area is 604 Å². The standard InChI is InChI=1S/C88H167NO8/c1-6-8-10-12-14-16-18-20-22-24-26-28-30-32-34-36-38-40-42-43-45-47-49-51-53-55-57-59-61-63-65-67-69-71-73-75-77-79-86(91)97-84(83-96-88(87(92)93)94-81-80-89(3,4)5)82-95-85(90)78-76-74-72-70-68-66-64-62-60-58-56-54-52-50-48-46-44-41-39-37-35-33-31-29-27-25-23-21-19-17-15-13-11-9-7-2/h18,20,24-27,84,88H,6-17,19,21-23,28-83H2,1-5H3/p+1/b20-18-,26-24-,27-25-. The van der Waals surface area contributed by atoms with Crippen LogP contribution in [0.4, 0.5) is 0 Å². The van der Waals surface area contributed by atoms with E-state index in [4.69, 9.17) is 18.9 Å². The second kappa shape index (κ2) is 79.2. The van der Waals surface area contributed by atoms with Gasteiger partial charge < -0.3 is 28.5 Å². The molecule has 0 heterocycles. The van der Waals surface area contributed by atoms with Crippen molar-refractivity contribution in [3.05, 3.63) is 36.5 Å². The van der Waals surface area contributed by atoms with Gasteiger partial charge >= 0.3 is 17.9 Å². The quantitative estimate of drug-likeness (QED) is 0.0211. The summed E-state index contributed by atoms with van der Waals surface area (Å²) in [5, 5.41) is 9.79. The number of hydrogen-bond acceptors (Lipinski definition) is 7. The number of hydrogen-bond donors (Lipinski definition) is 1. The predicted molar refractivity (Wildman–Crippen MR) is 420 cm³/mol. The zero-order valence-electron chi connectivity index (χ0n) is 65.8. The van der Waals surface area contributed by atoms with Gasteiger partial charge in [-0.3, -0.25) is 9.59 Å². The minimum atomic E-state index is -1.51. The molecule has 0 radical (unpaired) electrons. The number of quaternary nitrogens is 1. The number of unbranched alkanes of at least 4 members (excludes halogenated alkanes) is 61. The third kappa shape index (κ3) is 80.7. The summed E-state index contributed by atoms with van der Waals surface area (Å²) in [4.78, 5) is 37.8. The maximum atomic E-state index is 13.0. The fourth-order valence-electron chi connectivity index (χ4n) is 13.3. The molecule has 1 N–H and O–H groups in total. The van der Waals surface area contributed by atoms with Crippen LogP contribution in [0.2, 0.25) is 0 Å². The molecule has 0 aliphatic heterocycles. The van der Waals surface area contributed by atoms with E-state index in [1.165, 1.54) is 379 Å². The normalized spacial score (nSPS) is 12.7. The fraction of sp³-hybridized carbons (Fsp3) is 0.898. The Morgan fingerprint density at radius 3 is 0.825 bits per heavy atom. The first-order valence-electron chi connectivity index (χ1n) is 43.2. The maximum Gasteiger partial charge on any atom is 0.361 e. The summed E-state index contributed by atoms with van der Waals surface area (Å²) in [6.45, 7) is 4.95. The molecule has 0 aliphatic carbocycles. The molecule has 9 nitrogen and oxygen atoms in total. The van der Waals surface area contributed by atoms with Crippen LogP contribution >= 0.6 is 0 Å². The lowest BCUT2D eigenvalue weighted by Gasteiger charge is -2.25. The summed E-state index contributed by atoms with van der Waals surface area (Å²) in [5.74, 6) is -1.97. The summed E-state index contributed by atoms with van der Waals surface area (Å²) >= 11 is 0. The Morgan fingerprint density at radius 2 is 0.557 bits per heavy atom. The summed E-state index contributed by atoms with van der Waals surface area (Å²) in [7, 11) is 6.00. The predicted octanol–water partition coefficient (Wildman–Crippen LogP) is 27.8. The summed E-state index contributed by atoms with van der Waals surface area (Å²) in [6, 6.07) is 0. The highest BCUT2D eigenvalue weighted by Crippen LogP contribution is 2.21. The highest BCUT2D eigenvalue weighted by atomic mass is 16.7. The molecule has 0 bridgehead atoms. The molecule has 2 unspecified atom stereocenters. The van der Waals surface area contributed by atoms with E-state index in [2.05, 4.69) is 50.3 Å². The van der Waals surface area contributed by atoms with Gasteiger partial charge in [-0.25, -0.2) is 4.79 Å². The zero-order valence-corrected chi connectivity index (χ0v) is 65.8. The molecule has 0 saturated carbocycles. The van der Waals surface area contributed by atoms with Crippen molar-refractivity contribution in [3.63, 3.8) is 0 Å². The van der Waals surface area contributed by atoms with Gasteiger partial charge in [0.05, 0.1) is 34.4 Å². The molecular weight excluding hydrogens is 1200 g/mol. The number of esters is 2. The van der Waals surface area contributed by atoms with Crippen molar-refractivity contribution < 1.29 is 42.9 Å². The van der Waals surface area contributed by atoms with Crippen molar-refractivity contribution in [2.45, 2.75) is 463 Å². The summed E-state index contributed by atoms with van der Waals surface area (Å²) in [6.07, 6.45) is 100. The van der Waals surface area contributed by atoms with E-state index in [0.717, 1.165) is 44.9 Å². The number of ether oxygens (including phenoxy) is 4. The van der Waals surface area contributed by atoms with Crippen molar-refractivity contribution in [2.75, 3.05) is 47.5 Å². The molecule has 0 aromatic rings. The average molecular weight is 1370 g/mol. The Morgan fingerprint density at radius 1 is 0.309 bits per heavy atom. The number of carboxylic acid groups (broad SMARTS) is 1. The number of allylic oxidation sites excluding steroid dienone is 6. The van der Waals surface area contributed by atoms with Gasteiger partial charge in [0.25, 0.3) is 6.29 Å². The van der Waals surface area contributed by atoms with Crippen LogP contribution in [0, 0.1) is 0 Å². The number of carbonyl (C=O) groups is 3. The van der Waals surface area contributed by atoms with Crippen LogP contribution < -0.4 is 0 Å². The highest BCUT2D eigenvalue weighted by Gasteiger charge is 2.25. The van der Waals surface area contributed by atoms with Crippen LogP contribution in [0.25, 0.3) is 0 Å². The third-order valence-electron chi connectivity index (χ3n) is 19.9. The topological polar surface area (TPSA) is 108 Å². The van der Waals surface area contributed by atoms with E-state index in [0.29, 0.717) is 17.4 Å². The lowest BCUT2D eigenvalue weighted by atomic mass is 10.0. The second-order valence-electron chi connectivity index (χ2n) is 30.8. The lowest BCUT2D eigenvalue weighted by Crippen LogP contribution is -2.40. The molecule has 9 heteroatoms. The van der Waals surface area contributed by atoms with Gasteiger partial charge in [-0.05, 0) is 70.6 Å². The van der Waals surface area contributed by atoms with Gasteiger partial charge in [0.15, 0.2) is 6.10 Å². The monoisotopic (exact) mass is 1370 g/mol. The molecular formula is C88H168NO8+. The van der Waals surface area contributed by atoms with Gasteiger partial charge in [0.2, 0.25) is 0 Å². The first kappa shape index (κ1) is 94.5. The summed E-state index contributed by atoms with van der Waals surface area (Å²) in [5.41, 5.74) is 0. The molecule has 572 valence electrons. The Hall–Kier alpha value is -2.49. The molecule has 0 amide bonds. The van der Waals surface area contributed by atoms with E-state index in [1.54, 1.807) is 0 Å². The molecule has 0 aromatic heterocycles. The molecule has 0 rings (SSSR count). The number of likely N-dealkylation sites (N-methyl/N-ethyl adjacent to an activating group) is 1. The van der Waals surface area contributed by atoms with E-state index in [9.17, 15) is 19.5 Å². The van der Waals surface area contributed by atoms with Crippen molar-refractivity contribution in [1.82, 2.24) is 0 Å². The molecule has 0 fully saturated rings. The van der Waals surface area contributed by atoms with Crippen molar-refractivity contribution in [3.8, 4) is 0 Å². The number of rotatable bonds is 82. The lowest BCUT2D eigenvalue weighted by molar-refractivity contribution is -0.870. The Kier molecular flexibility index (Phi) is 77.2. The smallest absolute Gasteiger partial charge is 0.361 e. The van der Waals surface area contributed by atoms with Gasteiger partial charge in [-0.1, -0.05) is 403 Å². The van der Waals surface area contributed by atoms with E-state index < -0.39 is 18.4 Å². The van der Waals surface area contributed by atoms with Crippen LogP contribution in [-0.2, 0) is 33.3 Å². The van der Waals surface area contributed by atoms with E-state index in [1.807, 2.05) is 21.1 Å². The minimum Gasteiger partial charge on any atom is -0.477 e. The fourth-order valence-corrected chi connectivity index (χ4v) is 13.3. The Balaban J connectivity index is 3.92. The van der Waals surface area contributed by atoms with Crippen LogP contribution in [-0.4, -0.2) is 87.4 Å². The molecule has 2 atom stereocenters. The van der Waals surface area contributed by atoms with Crippen molar-refractivity contribution in [2.24, 2.45) is 0 Å². The number of carboxylic acids is 1. The first-order chi connectivity index (χ1) is 47.6. The minimum absolute atomic E-state index is 0.174. The number of aliphatic carboxylic acids is 1. The van der Waals surface area contributed by atoms with Crippen LogP contribution in [0.15, 0.2) is 36.5 Å². The van der Waals surface area contributed by atoms with Crippen molar-refractivity contribution in [1.29, 1.82) is 0 Å². The zero-order chi connectivity index (χ0) is 70.4. The number of carbonyl (C=O) groups excluding carboxylic acids is 2. The van der Waals surface area contributed by atoms with Gasteiger partial charge in [-0.15, -0.1) is 0 Å². The second-order valence-corrected chi connectivity index (χ2v) is 30.8. The van der Waals surface area contributed by atoms with E-state index >= 15 is 0 Å². The molecule has 0 spiro atoms. The average Bonchev–Trinajstić information content (AvgIpc) is 3.11. The molecule has 0 aromatic carbocycles. The molecule has 0 aliphatic rings. The SMILES string of the molecule is CCCCCCC/C=C\C/C=C\CCCCCCCCCCCCCCCCCCCCCCCCCCCC(=O)OC(COC(=O)CCCCCCCCCCCCCCCCCCCCCCCCC/C=C\CCCCCCCCCC)COC(OCC[N+](C)(C)C)C(=O)O. The van der Waals surface area contributed by atoms with Crippen LogP contribution in [0.3, 0.4) is 0 Å². The maximum absolute atomic E-state index is 13.0. The van der Waals surface area contributed by atoms with Crippen LogP contribution in [0.5, 0.6) is 0 Å². The molecule has 0 saturated heterocycles. The van der Waals surface area contributed by atoms with Gasteiger partial charge in [-0.2, -0.15) is 0 Å². The van der Waals surface area contributed by atoms with Gasteiger partial charge in [0.1, 0.15) is 13.2 Å². The summed E-state index contributed by atoms with van der Waals surface area (Å²) < 4.78 is 23.1. The third-order valence-corrected chi connectivity index (χ3v) is 19.9. The van der Waals surface area contributed by atoms with Crippen LogP contribution in [0.1, 0.15) is 450 Å². The first-order valence-corrected chi connectivity index (χ1v) is 43.2.